The normalized spacial score (nSPS) is 21.6. The summed E-state index contributed by atoms with van der Waals surface area (Å²) >= 11 is 0. The Labute approximate surface area is 106 Å². The van der Waals surface area contributed by atoms with Gasteiger partial charge >= 0.3 is 5.66 Å². The average molecular weight is 242 g/mol. The van der Waals surface area contributed by atoms with Crippen molar-refractivity contribution in [2.24, 2.45) is 15.2 Å². The van der Waals surface area contributed by atoms with Gasteiger partial charge in [-0.05, 0) is 44.0 Å². The lowest BCUT2D eigenvalue weighted by molar-refractivity contribution is 0.329. The predicted molar refractivity (Wildman–Crippen MR) is 67.8 cm³/mol. The summed E-state index contributed by atoms with van der Waals surface area (Å²) < 4.78 is 5.16. The molecule has 0 radical (unpaired) electrons. The van der Waals surface area contributed by atoms with E-state index in [1.54, 1.807) is 0 Å². The zero-order chi connectivity index (χ0) is 13.2. The van der Waals surface area contributed by atoms with E-state index in [0.29, 0.717) is 18.2 Å². The number of ether oxygens (including phenoxy) is 1. The molecule has 0 fully saturated rings. The summed E-state index contributed by atoms with van der Waals surface area (Å²) in [7, 11) is 0. The minimum Gasteiger partial charge on any atom is -0.477 e. The van der Waals surface area contributed by atoms with Crippen LogP contribution in [-0.2, 0) is 4.74 Å². The van der Waals surface area contributed by atoms with Crippen molar-refractivity contribution in [3.63, 3.8) is 0 Å². The molecule has 92 valence electrons. The highest BCUT2D eigenvalue weighted by molar-refractivity contribution is 6.01. The molecule has 0 amide bonds. The highest BCUT2D eigenvalue weighted by Gasteiger charge is 2.52. The molecule has 1 aromatic rings. The Morgan fingerprint density at radius 3 is 2.78 bits per heavy atom. The van der Waals surface area contributed by atoms with Gasteiger partial charge in [-0.15, -0.1) is 5.11 Å². The molecule has 0 saturated carbocycles. The first-order chi connectivity index (χ1) is 8.61. The second-order valence-corrected chi connectivity index (χ2v) is 4.10. The molecular weight excluding hydrogens is 228 g/mol. The average Bonchev–Trinajstić information content (AvgIpc) is 3.05. The van der Waals surface area contributed by atoms with Gasteiger partial charge in [-0.3, -0.25) is 0 Å². The summed E-state index contributed by atoms with van der Waals surface area (Å²) in [6.07, 6.45) is 0. The minimum atomic E-state index is -1.21. The summed E-state index contributed by atoms with van der Waals surface area (Å²) in [5.41, 5.74) is 1.83. The summed E-state index contributed by atoms with van der Waals surface area (Å²) in [6, 6.07) is 7.75. The van der Waals surface area contributed by atoms with Crippen molar-refractivity contribution in [1.82, 2.24) is 0 Å². The molecule has 1 aromatic carbocycles. The quantitative estimate of drug-likeness (QED) is 0.764. The van der Waals surface area contributed by atoms with E-state index < -0.39 is 5.66 Å². The van der Waals surface area contributed by atoms with Gasteiger partial charge in [0, 0.05) is 0 Å². The van der Waals surface area contributed by atoms with Crippen molar-refractivity contribution >= 4 is 11.6 Å². The van der Waals surface area contributed by atoms with E-state index in [4.69, 9.17) is 10.00 Å². The van der Waals surface area contributed by atoms with E-state index in [9.17, 15) is 0 Å². The standard InChI is InChI=1S/C13H14N4O/c1-4-18-12-13(8-14,15-12)17-16-11-6-5-9(2)10(3)7-11/h5-7H,4H2,1-3H3. The van der Waals surface area contributed by atoms with Gasteiger partial charge in [-0.2, -0.15) is 15.4 Å². The summed E-state index contributed by atoms with van der Waals surface area (Å²) in [4.78, 5) is 3.92. The number of benzene rings is 1. The second kappa shape index (κ2) is 4.57. The Kier molecular flexibility index (Phi) is 3.11. The SMILES string of the molecule is CCOC1=NC1(C#N)N=Nc1ccc(C)c(C)c1. The number of aryl methyl sites for hydroxylation is 2. The van der Waals surface area contributed by atoms with Crippen LogP contribution in [0.3, 0.4) is 0 Å². The molecule has 0 aromatic heterocycles. The lowest BCUT2D eigenvalue weighted by Gasteiger charge is -2.01. The van der Waals surface area contributed by atoms with E-state index in [0.717, 1.165) is 5.56 Å². The molecule has 1 heterocycles. The Balaban J connectivity index is 2.12. The van der Waals surface area contributed by atoms with Crippen LogP contribution >= 0.6 is 0 Å². The molecule has 5 heteroatoms. The lowest BCUT2D eigenvalue weighted by Crippen LogP contribution is -2.14. The molecule has 0 aliphatic carbocycles. The number of rotatable bonds is 3. The third kappa shape index (κ3) is 2.23. The van der Waals surface area contributed by atoms with Gasteiger partial charge in [0.05, 0.1) is 12.3 Å². The van der Waals surface area contributed by atoms with E-state index in [1.807, 2.05) is 45.0 Å². The Morgan fingerprint density at radius 1 is 1.39 bits per heavy atom. The fourth-order valence-electron chi connectivity index (χ4n) is 1.47. The van der Waals surface area contributed by atoms with Crippen molar-refractivity contribution in [1.29, 1.82) is 5.26 Å². The van der Waals surface area contributed by atoms with Gasteiger partial charge < -0.3 is 4.74 Å². The number of aliphatic imine (C=N–C) groups is 1. The molecular formula is C13H14N4O. The van der Waals surface area contributed by atoms with Crippen LogP contribution in [0.1, 0.15) is 18.1 Å². The number of nitrogens with zero attached hydrogens (tertiary/aromatic N) is 4. The van der Waals surface area contributed by atoms with Crippen LogP contribution in [0.15, 0.2) is 33.4 Å². The molecule has 1 aliphatic heterocycles. The molecule has 1 unspecified atom stereocenters. The molecule has 2 rings (SSSR count). The van der Waals surface area contributed by atoms with Gasteiger partial charge in [-0.25, -0.2) is 0 Å². The highest BCUT2D eigenvalue weighted by atomic mass is 16.5. The predicted octanol–water partition coefficient (Wildman–Crippen LogP) is 3.06. The molecule has 0 spiro atoms. The molecule has 18 heavy (non-hydrogen) atoms. The third-order valence-corrected chi connectivity index (χ3v) is 2.75. The van der Waals surface area contributed by atoms with Crippen molar-refractivity contribution in [2.45, 2.75) is 26.4 Å². The van der Waals surface area contributed by atoms with Gasteiger partial charge in [-0.1, -0.05) is 6.07 Å². The first-order valence-electron chi connectivity index (χ1n) is 5.76. The fraction of sp³-hybridized carbons (Fsp3) is 0.385. The van der Waals surface area contributed by atoms with E-state index in [1.165, 1.54) is 5.56 Å². The molecule has 1 aliphatic rings. The van der Waals surface area contributed by atoms with Crippen LogP contribution in [0.2, 0.25) is 0 Å². The Hall–Kier alpha value is -2.22. The largest absolute Gasteiger partial charge is 0.477 e. The van der Waals surface area contributed by atoms with Crippen LogP contribution in [0.5, 0.6) is 0 Å². The summed E-state index contributed by atoms with van der Waals surface area (Å²) in [5.74, 6) is 0.347. The molecule has 0 bridgehead atoms. The maximum absolute atomic E-state index is 9.03. The zero-order valence-corrected chi connectivity index (χ0v) is 10.6. The monoisotopic (exact) mass is 242 g/mol. The summed E-state index contributed by atoms with van der Waals surface area (Å²) in [5, 5.41) is 17.0. The topological polar surface area (TPSA) is 70.1 Å². The van der Waals surface area contributed by atoms with Crippen LogP contribution in [0, 0.1) is 25.2 Å². The smallest absolute Gasteiger partial charge is 0.334 e. The first-order valence-corrected chi connectivity index (χ1v) is 5.76. The number of hydrogen-bond donors (Lipinski definition) is 0. The van der Waals surface area contributed by atoms with E-state index in [2.05, 4.69) is 15.2 Å². The molecule has 1 atom stereocenters. The van der Waals surface area contributed by atoms with Crippen molar-refractivity contribution < 1.29 is 4.74 Å². The van der Waals surface area contributed by atoms with Crippen molar-refractivity contribution in [3.05, 3.63) is 29.3 Å². The highest BCUT2D eigenvalue weighted by Crippen LogP contribution is 2.31. The minimum absolute atomic E-state index is 0.347. The maximum Gasteiger partial charge on any atom is 0.334 e. The molecule has 0 saturated heterocycles. The Bertz CT molecular complexity index is 571. The molecule has 5 nitrogen and oxygen atoms in total. The van der Waals surface area contributed by atoms with Crippen LogP contribution in [-0.4, -0.2) is 18.2 Å². The van der Waals surface area contributed by atoms with Crippen LogP contribution in [0.25, 0.3) is 0 Å². The van der Waals surface area contributed by atoms with Crippen molar-refractivity contribution in [2.75, 3.05) is 6.61 Å². The zero-order valence-electron chi connectivity index (χ0n) is 10.6. The first kappa shape index (κ1) is 12.2. The third-order valence-electron chi connectivity index (χ3n) is 2.75. The van der Waals surface area contributed by atoms with Gasteiger partial charge in [0.1, 0.15) is 6.07 Å². The van der Waals surface area contributed by atoms with Crippen molar-refractivity contribution in [3.8, 4) is 6.07 Å². The van der Waals surface area contributed by atoms with Gasteiger partial charge in [0.2, 0.25) is 0 Å². The molecule has 0 N–H and O–H groups in total. The number of azo groups is 1. The maximum atomic E-state index is 9.03. The fourth-order valence-corrected chi connectivity index (χ4v) is 1.47. The van der Waals surface area contributed by atoms with Crippen LogP contribution < -0.4 is 0 Å². The Morgan fingerprint density at radius 2 is 2.17 bits per heavy atom. The van der Waals surface area contributed by atoms with E-state index in [-0.39, 0.29) is 0 Å². The summed E-state index contributed by atoms with van der Waals surface area (Å²) in [6.45, 7) is 6.35. The van der Waals surface area contributed by atoms with E-state index >= 15 is 0 Å². The van der Waals surface area contributed by atoms with Crippen LogP contribution in [0.4, 0.5) is 5.69 Å². The lowest BCUT2D eigenvalue weighted by atomic mass is 10.1. The second-order valence-electron chi connectivity index (χ2n) is 4.10. The van der Waals surface area contributed by atoms with Gasteiger partial charge in [0.25, 0.3) is 5.90 Å². The number of hydrogen-bond acceptors (Lipinski definition) is 5. The number of nitriles is 1. The van der Waals surface area contributed by atoms with Gasteiger partial charge in [0.15, 0.2) is 0 Å².